The SMILES string of the molecule is CC(C)(C)[Si](C)(C)C1=C([Si](C)(C)C(C)(C)C)C1[Si](C)(C)C(C)(C)C. The molecule has 0 saturated carbocycles. The molecule has 0 amide bonds. The molecule has 0 unspecified atom stereocenters. The van der Waals surface area contributed by atoms with Gasteiger partial charge in [-0.05, 0) is 20.7 Å². The standard InChI is InChI=1S/C21H46Si3/c1-19(2,3)22(10,11)16-17(23(12,13)20(4,5)6)18(16)24(14,15)21(7,8)9/h16H,1-15H3. The highest BCUT2D eigenvalue weighted by Crippen LogP contribution is 2.69. The zero-order valence-corrected chi connectivity index (χ0v) is 22.6. The van der Waals surface area contributed by atoms with Crippen molar-refractivity contribution in [2.75, 3.05) is 0 Å². The maximum Gasteiger partial charge on any atom is 0.0806 e. The van der Waals surface area contributed by atoms with E-state index in [0.717, 1.165) is 5.54 Å². The van der Waals surface area contributed by atoms with Gasteiger partial charge in [-0.3, -0.25) is 0 Å². The number of hydrogen-bond acceptors (Lipinski definition) is 0. The lowest BCUT2D eigenvalue weighted by Gasteiger charge is -2.43. The Balaban J connectivity index is 3.58. The molecule has 0 nitrogen and oxygen atoms in total. The predicted octanol–water partition coefficient (Wildman–Crippen LogP) is 8.27. The van der Waals surface area contributed by atoms with Gasteiger partial charge in [0.1, 0.15) is 0 Å². The van der Waals surface area contributed by atoms with Gasteiger partial charge in [-0.1, -0.05) is 112 Å². The van der Waals surface area contributed by atoms with Gasteiger partial charge in [-0.25, -0.2) is 0 Å². The second-order valence-electron chi connectivity index (χ2n) is 13.0. The van der Waals surface area contributed by atoms with Crippen LogP contribution in [-0.4, -0.2) is 24.2 Å². The lowest BCUT2D eigenvalue weighted by atomic mass is 10.2. The average Bonchev–Trinajstić information content (AvgIpc) is 3.00. The summed E-state index contributed by atoms with van der Waals surface area (Å²) in [7, 11) is -4.23. The minimum atomic E-state index is -1.43. The third kappa shape index (κ3) is 3.34. The average molecular weight is 383 g/mol. The lowest BCUT2D eigenvalue weighted by Crippen LogP contribution is -2.45. The number of hydrogen-bond donors (Lipinski definition) is 0. The molecule has 0 aromatic rings. The molecule has 1 aliphatic rings. The van der Waals surface area contributed by atoms with Crippen molar-refractivity contribution in [3.8, 4) is 0 Å². The van der Waals surface area contributed by atoms with E-state index in [1.807, 2.05) is 10.4 Å². The first-order valence-electron chi connectivity index (χ1n) is 9.87. The third-order valence-electron chi connectivity index (χ3n) is 8.54. The Labute approximate surface area is 156 Å². The molecule has 142 valence electrons. The lowest BCUT2D eigenvalue weighted by molar-refractivity contribution is 0.708. The summed E-state index contributed by atoms with van der Waals surface area (Å²) in [6.45, 7) is 38.5. The largest absolute Gasteiger partial charge is 0.0806 e. The fourth-order valence-electron chi connectivity index (χ4n) is 3.58. The zero-order chi connectivity index (χ0) is 19.7. The Bertz CT molecular complexity index is 493. The van der Waals surface area contributed by atoms with Crippen LogP contribution in [-0.2, 0) is 0 Å². The Morgan fingerprint density at radius 3 is 0.917 bits per heavy atom. The molecule has 0 spiro atoms. The van der Waals surface area contributed by atoms with Crippen molar-refractivity contribution < 1.29 is 0 Å². The third-order valence-corrected chi connectivity index (χ3v) is 26.6. The molecule has 1 rings (SSSR count). The van der Waals surface area contributed by atoms with Gasteiger partial charge in [0.05, 0.1) is 24.2 Å². The molecule has 0 N–H and O–H groups in total. The summed E-state index contributed by atoms with van der Waals surface area (Å²) in [5.41, 5.74) is 0.888. The van der Waals surface area contributed by atoms with Gasteiger partial charge in [0.25, 0.3) is 0 Å². The van der Waals surface area contributed by atoms with E-state index in [2.05, 4.69) is 102 Å². The Morgan fingerprint density at radius 2 is 0.750 bits per heavy atom. The summed E-state index contributed by atoms with van der Waals surface area (Å²) < 4.78 is 0. The minimum Gasteiger partial charge on any atom is -0.0804 e. The molecule has 0 aliphatic heterocycles. The van der Waals surface area contributed by atoms with E-state index in [1.165, 1.54) is 0 Å². The van der Waals surface area contributed by atoms with Crippen LogP contribution in [0.25, 0.3) is 0 Å². The molecule has 0 aromatic heterocycles. The maximum absolute atomic E-state index is 2.67. The van der Waals surface area contributed by atoms with E-state index in [4.69, 9.17) is 0 Å². The second-order valence-corrected chi connectivity index (χ2v) is 29.1. The molecule has 0 saturated heterocycles. The van der Waals surface area contributed by atoms with E-state index in [9.17, 15) is 0 Å². The van der Waals surface area contributed by atoms with Crippen LogP contribution < -0.4 is 0 Å². The predicted molar refractivity (Wildman–Crippen MR) is 122 cm³/mol. The Hall–Kier alpha value is 0.391. The van der Waals surface area contributed by atoms with Crippen LogP contribution in [0.1, 0.15) is 62.3 Å². The highest BCUT2D eigenvalue weighted by molar-refractivity contribution is 7.02. The van der Waals surface area contributed by atoms with Gasteiger partial charge in [0.15, 0.2) is 0 Å². The normalized spacial score (nSPS) is 19.1. The van der Waals surface area contributed by atoms with Gasteiger partial charge in [-0.15, -0.1) is 0 Å². The number of rotatable bonds is 3. The summed E-state index contributed by atoms with van der Waals surface area (Å²) in [5.74, 6) is 0. The second kappa shape index (κ2) is 5.69. The van der Waals surface area contributed by atoms with Crippen molar-refractivity contribution in [1.29, 1.82) is 0 Å². The molecule has 24 heavy (non-hydrogen) atoms. The van der Waals surface area contributed by atoms with Crippen molar-refractivity contribution in [3.63, 3.8) is 0 Å². The van der Waals surface area contributed by atoms with E-state index in [1.54, 1.807) is 0 Å². The highest BCUT2D eigenvalue weighted by atomic mass is 28.3. The summed E-state index contributed by atoms with van der Waals surface area (Å²) in [6, 6.07) is 0. The van der Waals surface area contributed by atoms with E-state index < -0.39 is 24.2 Å². The van der Waals surface area contributed by atoms with Crippen molar-refractivity contribution in [2.45, 2.75) is 122 Å². The van der Waals surface area contributed by atoms with Crippen LogP contribution >= 0.6 is 0 Å². The molecular formula is C21H46Si3. The molecule has 0 radical (unpaired) electrons. The van der Waals surface area contributed by atoms with Crippen molar-refractivity contribution in [2.24, 2.45) is 0 Å². The van der Waals surface area contributed by atoms with Crippen LogP contribution in [0.5, 0.6) is 0 Å². The molecule has 0 fully saturated rings. The van der Waals surface area contributed by atoms with Gasteiger partial charge < -0.3 is 0 Å². The smallest absolute Gasteiger partial charge is 0.0804 e. The van der Waals surface area contributed by atoms with Gasteiger partial charge in [0, 0.05) is 0 Å². The fraction of sp³-hybridized carbons (Fsp3) is 0.905. The van der Waals surface area contributed by atoms with Gasteiger partial charge in [0.2, 0.25) is 0 Å². The van der Waals surface area contributed by atoms with Crippen molar-refractivity contribution >= 4 is 24.2 Å². The highest BCUT2D eigenvalue weighted by Gasteiger charge is 2.64. The summed E-state index contributed by atoms with van der Waals surface area (Å²) >= 11 is 0. The Morgan fingerprint density at radius 1 is 0.500 bits per heavy atom. The van der Waals surface area contributed by atoms with Crippen molar-refractivity contribution in [3.05, 3.63) is 10.4 Å². The zero-order valence-electron chi connectivity index (χ0n) is 19.6. The van der Waals surface area contributed by atoms with Crippen molar-refractivity contribution in [1.82, 2.24) is 0 Å². The molecule has 0 aromatic carbocycles. The Kier molecular flexibility index (Phi) is 5.32. The van der Waals surface area contributed by atoms with Gasteiger partial charge >= 0.3 is 0 Å². The van der Waals surface area contributed by atoms with E-state index in [-0.39, 0.29) is 0 Å². The molecule has 1 aliphatic carbocycles. The van der Waals surface area contributed by atoms with Crippen LogP contribution in [0.2, 0.25) is 59.9 Å². The summed E-state index contributed by atoms with van der Waals surface area (Å²) in [6.07, 6.45) is 0. The fourth-order valence-corrected chi connectivity index (χ4v) is 17.6. The van der Waals surface area contributed by atoms with Crippen LogP contribution in [0.3, 0.4) is 0 Å². The molecular weight excluding hydrogens is 336 g/mol. The molecule has 0 atom stereocenters. The first-order valence-corrected chi connectivity index (χ1v) is 18.9. The molecule has 0 bridgehead atoms. The van der Waals surface area contributed by atoms with Crippen LogP contribution in [0, 0.1) is 0 Å². The van der Waals surface area contributed by atoms with Crippen LogP contribution in [0.15, 0.2) is 10.4 Å². The summed E-state index contributed by atoms with van der Waals surface area (Å²) in [5, 5.41) is 5.39. The molecule has 3 heteroatoms. The van der Waals surface area contributed by atoms with Crippen LogP contribution in [0.4, 0.5) is 0 Å². The first kappa shape index (κ1) is 22.4. The quantitative estimate of drug-likeness (QED) is 0.431. The van der Waals surface area contributed by atoms with E-state index in [0.29, 0.717) is 15.1 Å². The molecule has 0 heterocycles. The monoisotopic (exact) mass is 382 g/mol. The topological polar surface area (TPSA) is 0 Å². The maximum atomic E-state index is 2.67. The summed E-state index contributed by atoms with van der Waals surface area (Å²) in [4.78, 5) is 0. The minimum absolute atomic E-state index is 0.451. The van der Waals surface area contributed by atoms with E-state index >= 15 is 0 Å². The first-order chi connectivity index (χ1) is 10.1. The number of allylic oxidation sites excluding steroid dienone is 2. The van der Waals surface area contributed by atoms with Gasteiger partial charge in [-0.2, -0.15) is 0 Å².